The highest BCUT2D eigenvalue weighted by molar-refractivity contribution is 6.00. The maximum Gasteiger partial charge on any atom is 0.387 e. The number of hydrogen-bond acceptors (Lipinski definition) is 7. The van der Waals surface area contributed by atoms with E-state index in [0.29, 0.717) is 48.9 Å². The number of hydrogen-bond donors (Lipinski definition) is 1. The predicted molar refractivity (Wildman–Crippen MR) is 126 cm³/mol. The van der Waals surface area contributed by atoms with Crippen LogP contribution in [0.5, 0.6) is 5.75 Å². The number of amides is 1. The van der Waals surface area contributed by atoms with Gasteiger partial charge >= 0.3 is 6.61 Å². The Hall–Kier alpha value is -4.28. The van der Waals surface area contributed by atoms with Gasteiger partial charge in [0.1, 0.15) is 17.9 Å². The van der Waals surface area contributed by atoms with Crippen LogP contribution >= 0.6 is 0 Å². The van der Waals surface area contributed by atoms with Crippen LogP contribution in [0.3, 0.4) is 0 Å². The second-order valence-electron chi connectivity index (χ2n) is 8.08. The van der Waals surface area contributed by atoms with E-state index in [1.165, 1.54) is 18.5 Å². The van der Waals surface area contributed by atoms with E-state index in [9.17, 15) is 13.6 Å². The summed E-state index contributed by atoms with van der Waals surface area (Å²) >= 11 is 0. The van der Waals surface area contributed by atoms with Crippen LogP contribution in [0.2, 0.25) is 0 Å². The molecule has 0 atom stereocenters. The number of aryl methyl sites for hydroxylation is 1. The number of carbonyl (C=O) groups is 1. The summed E-state index contributed by atoms with van der Waals surface area (Å²) in [5.74, 6) is 1.44. The molecular formula is C24H23F2N7O2. The standard InChI is InChI=1S/C24H23F2N7O2/c1-16-14-21(33-24(29-16)27-15-28-33)31-10-12-32(13-11-31)22(34)19-4-2-3-5-20(19)30-17-6-8-18(9-7-17)35-23(25)26/h2-9,14-15,23,30H,10-13H2,1H3. The summed E-state index contributed by atoms with van der Waals surface area (Å²) in [7, 11) is 0. The Morgan fingerprint density at radius 3 is 2.54 bits per heavy atom. The molecule has 2 aromatic carbocycles. The summed E-state index contributed by atoms with van der Waals surface area (Å²) in [4.78, 5) is 25.9. The molecule has 5 rings (SSSR count). The fourth-order valence-corrected chi connectivity index (χ4v) is 4.10. The predicted octanol–water partition coefficient (Wildman–Crippen LogP) is 3.74. The zero-order chi connectivity index (χ0) is 24.4. The molecule has 1 aliphatic rings. The minimum atomic E-state index is -2.88. The van der Waals surface area contributed by atoms with E-state index in [2.05, 4.69) is 30.0 Å². The quantitative estimate of drug-likeness (QED) is 0.451. The van der Waals surface area contributed by atoms with E-state index in [1.807, 2.05) is 36.1 Å². The molecule has 4 aromatic rings. The second kappa shape index (κ2) is 9.53. The summed E-state index contributed by atoms with van der Waals surface area (Å²) in [6.45, 7) is 1.42. The number of anilines is 3. The van der Waals surface area contributed by atoms with Gasteiger partial charge in [-0.15, -0.1) is 0 Å². The smallest absolute Gasteiger partial charge is 0.387 e. The molecule has 1 saturated heterocycles. The Morgan fingerprint density at radius 2 is 1.80 bits per heavy atom. The molecule has 35 heavy (non-hydrogen) atoms. The van der Waals surface area contributed by atoms with Crippen molar-refractivity contribution < 1.29 is 18.3 Å². The fourth-order valence-electron chi connectivity index (χ4n) is 4.10. The molecule has 0 radical (unpaired) electrons. The van der Waals surface area contributed by atoms with Gasteiger partial charge in [-0.3, -0.25) is 4.79 Å². The lowest BCUT2D eigenvalue weighted by atomic mass is 10.1. The molecule has 180 valence electrons. The highest BCUT2D eigenvalue weighted by Gasteiger charge is 2.25. The first-order chi connectivity index (χ1) is 17.0. The van der Waals surface area contributed by atoms with Crippen molar-refractivity contribution in [3.05, 3.63) is 72.2 Å². The van der Waals surface area contributed by atoms with Crippen molar-refractivity contribution in [2.75, 3.05) is 36.4 Å². The molecule has 0 spiro atoms. The molecule has 1 amide bonds. The molecule has 3 heterocycles. The molecule has 1 aliphatic heterocycles. The maximum atomic E-state index is 13.4. The molecule has 1 N–H and O–H groups in total. The van der Waals surface area contributed by atoms with Crippen molar-refractivity contribution >= 4 is 28.9 Å². The summed E-state index contributed by atoms with van der Waals surface area (Å²) < 4.78 is 30.9. The Bertz CT molecular complexity index is 1340. The van der Waals surface area contributed by atoms with Crippen molar-refractivity contribution in [3.8, 4) is 5.75 Å². The van der Waals surface area contributed by atoms with Gasteiger partial charge in [-0.1, -0.05) is 12.1 Å². The Morgan fingerprint density at radius 1 is 1.06 bits per heavy atom. The first-order valence-electron chi connectivity index (χ1n) is 11.1. The molecule has 2 aromatic heterocycles. The lowest BCUT2D eigenvalue weighted by Crippen LogP contribution is -2.49. The number of nitrogens with one attached hydrogen (secondary N) is 1. The zero-order valence-corrected chi connectivity index (χ0v) is 18.9. The number of benzene rings is 2. The Balaban J connectivity index is 1.28. The number of carbonyl (C=O) groups excluding carboxylic acids is 1. The van der Waals surface area contributed by atoms with Crippen LogP contribution in [0.4, 0.5) is 26.0 Å². The van der Waals surface area contributed by atoms with E-state index in [-0.39, 0.29) is 11.7 Å². The Kier molecular flexibility index (Phi) is 6.13. The summed E-state index contributed by atoms with van der Waals surface area (Å²) in [5, 5.41) is 7.48. The first kappa shape index (κ1) is 22.5. The average molecular weight is 479 g/mol. The summed E-state index contributed by atoms with van der Waals surface area (Å²) in [6, 6.07) is 15.4. The number of rotatable bonds is 6. The largest absolute Gasteiger partial charge is 0.435 e. The van der Waals surface area contributed by atoms with Crippen molar-refractivity contribution in [2.45, 2.75) is 13.5 Å². The van der Waals surface area contributed by atoms with Crippen molar-refractivity contribution in [3.63, 3.8) is 0 Å². The third-order valence-electron chi connectivity index (χ3n) is 5.77. The van der Waals surface area contributed by atoms with Gasteiger partial charge in [-0.05, 0) is 43.3 Å². The average Bonchev–Trinajstić information content (AvgIpc) is 3.33. The van der Waals surface area contributed by atoms with Gasteiger partial charge in [-0.2, -0.15) is 23.4 Å². The second-order valence-corrected chi connectivity index (χ2v) is 8.08. The van der Waals surface area contributed by atoms with Crippen LogP contribution in [-0.2, 0) is 0 Å². The number of aromatic nitrogens is 4. The monoisotopic (exact) mass is 479 g/mol. The topological polar surface area (TPSA) is 87.9 Å². The summed E-state index contributed by atoms with van der Waals surface area (Å²) in [5.41, 5.74) is 2.68. The van der Waals surface area contributed by atoms with Gasteiger partial charge in [0.15, 0.2) is 0 Å². The van der Waals surface area contributed by atoms with Gasteiger partial charge < -0.3 is 19.9 Å². The maximum absolute atomic E-state index is 13.4. The molecular weight excluding hydrogens is 456 g/mol. The number of alkyl halides is 2. The van der Waals surface area contributed by atoms with E-state index >= 15 is 0 Å². The van der Waals surface area contributed by atoms with Crippen LogP contribution < -0.4 is 15.0 Å². The third-order valence-corrected chi connectivity index (χ3v) is 5.77. The van der Waals surface area contributed by atoms with E-state index in [4.69, 9.17) is 0 Å². The van der Waals surface area contributed by atoms with Gasteiger partial charge in [0.2, 0.25) is 0 Å². The van der Waals surface area contributed by atoms with Crippen LogP contribution in [0.25, 0.3) is 5.78 Å². The number of para-hydroxylation sites is 1. The van der Waals surface area contributed by atoms with E-state index in [0.717, 1.165) is 11.5 Å². The third kappa shape index (κ3) is 4.84. The van der Waals surface area contributed by atoms with E-state index in [1.54, 1.807) is 22.7 Å². The van der Waals surface area contributed by atoms with Crippen LogP contribution in [0, 0.1) is 6.92 Å². The van der Waals surface area contributed by atoms with Crippen LogP contribution in [-0.4, -0.2) is 63.2 Å². The highest BCUT2D eigenvalue weighted by atomic mass is 19.3. The normalized spacial score (nSPS) is 13.9. The minimum absolute atomic E-state index is 0.0698. The number of ether oxygens (including phenoxy) is 1. The van der Waals surface area contributed by atoms with Gasteiger partial charge in [0.25, 0.3) is 11.7 Å². The molecule has 0 bridgehead atoms. The van der Waals surface area contributed by atoms with Crippen LogP contribution in [0.15, 0.2) is 60.9 Å². The number of nitrogens with zero attached hydrogens (tertiary/aromatic N) is 6. The van der Waals surface area contributed by atoms with Crippen molar-refractivity contribution in [1.82, 2.24) is 24.5 Å². The minimum Gasteiger partial charge on any atom is -0.435 e. The van der Waals surface area contributed by atoms with Gasteiger partial charge in [0, 0.05) is 43.6 Å². The van der Waals surface area contributed by atoms with Crippen molar-refractivity contribution in [1.29, 1.82) is 0 Å². The van der Waals surface area contributed by atoms with Crippen LogP contribution in [0.1, 0.15) is 16.1 Å². The molecule has 0 saturated carbocycles. The lowest BCUT2D eigenvalue weighted by Gasteiger charge is -2.36. The lowest BCUT2D eigenvalue weighted by molar-refractivity contribution is -0.0498. The van der Waals surface area contributed by atoms with Crippen molar-refractivity contribution in [2.24, 2.45) is 0 Å². The van der Waals surface area contributed by atoms with Gasteiger partial charge in [0.05, 0.1) is 11.3 Å². The molecule has 9 nitrogen and oxygen atoms in total. The summed E-state index contributed by atoms with van der Waals surface area (Å²) in [6.07, 6.45) is 1.48. The van der Waals surface area contributed by atoms with Gasteiger partial charge in [-0.25, -0.2) is 4.98 Å². The first-order valence-corrected chi connectivity index (χ1v) is 11.1. The zero-order valence-electron chi connectivity index (χ0n) is 18.9. The molecule has 11 heteroatoms. The highest BCUT2D eigenvalue weighted by Crippen LogP contribution is 2.26. The number of piperazine rings is 1. The molecule has 0 aliphatic carbocycles. The number of halogens is 2. The number of fused-ring (bicyclic) bond motifs is 1. The SMILES string of the molecule is Cc1cc(N2CCN(C(=O)c3ccccc3Nc3ccc(OC(F)F)cc3)CC2)n2ncnc2n1. The molecule has 1 fully saturated rings. The fraction of sp³-hybridized carbons (Fsp3) is 0.250. The Labute approximate surface area is 200 Å². The molecule has 0 unspecified atom stereocenters. The van der Waals surface area contributed by atoms with E-state index < -0.39 is 6.61 Å².